The Balaban J connectivity index is 1.63. The maximum absolute atomic E-state index is 13.2. The predicted octanol–water partition coefficient (Wildman–Crippen LogP) is 1.60. The largest absolute Gasteiger partial charge is 0.494 e. The summed E-state index contributed by atoms with van der Waals surface area (Å²) in [7, 11) is 0. The SMILES string of the molecule is O=C(NCCCOc1ccccc1F)C1=COCCO1. The number of para-hydroxylation sites is 1. The molecule has 0 bridgehead atoms. The van der Waals surface area contributed by atoms with Crippen LogP contribution >= 0.6 is 0 Å². The van der Waals surface area contributed by atoms with E-state index in [4.69, 9.17) is 14.2 Å². The molecule has 6 heteroatoms. The van der Waals surface area contributed by atoms with Crippen LogP contribution in [0.3, 0.4) is 0 Å². The smallest absolute Gasteiger partial charge is 0.289 e. The monoisotopic (exact) mass is 281 g/mol. The standard InChI is InChI=1S/C14H16FNO4/c15-11-4-1-2-5-12(11)19-7-3-6-16-14(17)13-10-18-8-9-20-13/h1-2,4-5,10H,3,6-9H2,(H,16,17). The van der Waals surface area contributed by atoms with Crippen molar-refractivity contribution in [2.24, 2.45) is 0 Å². The molecule has 1 aliphatic heterocycles. The average molecular weight is 281 g/mol. The number of hydrogen-bond donors (Lipinski definition) is 1. The molecular weight excluding hydrogens is 265 g/mol. The molecule has 5 nitrogen and oxygen atoms in total. The Bertz CT molecular complexity index is 490. The fourth-order valence-electron chi connectivity index (χ4n) is 1.59. The van der Waals surface area contributed by atoms with E-state index < -0.39 is 5.82 Å². The van der Waals surface area contributed by atoms with Gasteiger partial charge in [0.25, 0.3) is 5.91 Å². The van der Waals surface area contributed by atoms with Crippen LogP contribution in [0.2, 0.25) is 0 Å². The van der Waals surface area contributed by atoms with Crippen molar-refractivity contribution in [2.75, 3.05) is 26.4 Å². The third-order valence-corrected chi connectivity index (χ3v) is 2.57. The molecule has 0 atom stereocenters. The van der Waals surface area contributed by atoms with Gasteiger partial charge in [-0.3, -0.25) is 4.79 Å². The fraction of sp³-hybridized carbons (Fsp3) is 0.357. The van der Waals surface area contributed by atoms with Crippen molar-refractivity contribution in [1.82, 2.24) is 5.32 Å². The minimum atomic E-state index is -0.394. The molecule has 0 fully saturated rings. The third-order valence-electron chi connectivity index (χ3n) is 2.57. The highest BCUT2D eigenvalue weighted by Crippen LogP contribution is 2.15. The second-order valence-electron chi connectivity index (χ2n) is 4.09. The predicted molar refractivity (Wildman–Crippen MR) is 69.5 cm³/mol. The molecule has 0 radical (unpaired) electrons. The Kier molecular flexibility index (Phi) is 5.23. The first-order valence-corrected chi connectivity index (χ1v) is 6.37. The van der Waals surface area contributed by atoms with Crippen molar-refractivity contribution in [3.63, 3.8) is 0 Å². The molecular formula is C14H16FNO4. The second-order valence-corrected chi connectivity index (χ2v) is 4.09. The summed E-state index contributed by atoms with van der Waals surface area (Å²) in [5, 5.41) is 2.67. The number of carbonyl (C=O) groups excluding carboxylic acids is 1. The van der Waals surface area contributed by atoms with Gasteiger partial charge in [0.2, 0.25) is 5.76 Å². The Labute approximate surface area is 116 Å². The first-order chi connectivity index (χ1) is 9.77. The highest BCUT2D eigenvalue weighted by Gasteiger charge is 2.13. The molecule has 108 valence electrons. The van der Waals surface area contributed by atoms with Crippen molar-refractivity contribution in [3.8, 4) is 5.75 Å². The zero-order valence-electron chi connectivity index (χ0n) is 10.9. The number of rotatable bonds is 6. The topological polar surface area (TPSA) is 56.8 Å². The lowest BCUT2D eigenvalue weighted by molar-refractivity contribution is -0.122. The van der Waals surface area contributed by atoms with Gasteiger partial charge in [-0.2, -0.15) is 0 Å². The molecule has 0 aliphatic carbocycles. The summed E-state index contributed by atoms with van der Waals surface area (Å²) in [5.41, 5.74) is 0. The first-order valence-electron chi connectivity index (χ1n) is 6.37. The van der Waals surface area contributed by atoms with Crippen LogP contribution in [-0.2, 0) is 14.3 Å². The van der Waals surface area contributed by atoms with Crippen LogP contribution in [0, 0.1) is 5.82 Å². The van der Waals surface area contributed by atoms with Crippen LogP contribution in [0.4, 0.5) is 4.39 Å². The third kappa shape index (κ3) is 4.15. The van der Waals surface area contributed by atoms with Gasteiger partial charge in [-0.15, -0.1) is 0 Å². The van der Waals surface area contributed by atoms with Gasteiger partial charge in [0, 0.05) is 6.54 Å². The Hall–Kier alpha value is -2.24. The van der Waals surface area contributed by atoms with Gasteiger partial charge in [-0.1, -0.05) is 12.1 Å². The maximum atomic E-state index is 13.2. The summed E-state index contributed by atoms with van der Waals surface area (Å²) in [6, 6.07) is 6.20. The number of amides is 1. The van der Waals surface area contributed by atoms with E-state index in [1.807, 2.05) is 0 Å². The van der Waals surface area contributed by atoms with Crippen molar-refractivity contribution in [2.45, 2.75) is 6.42 Å². The normalized spacial score (nSPS) is 13.8. The van der Waals surface area contributed by atoms with Crippen molar-refractivity contribution in [3.05, 3.63) is 42.1 Å². The molecule has 2 rings (SSSR count). The highest BCUT2D eigenvalue weighted by atomic mass is 19.1. The summed E-state index contributed by atoms with van der Waals surface area (Å²) in [6.45, 7) is 1.55. The summed E-state index contributed by atoms with van der Waals surface area (Å²) in [6.07, 6.45) is 1.86. The minimum Gasteiger partial charge on any atom is -0.494 e. The second kappa shape index (κ2) is 7.37. The quantitative estimate of drug-likeness (QED) is 0.805. The molecule has 0 unspecified atom stereocenters. The van der Waals surface area contributed by atoms with Crippen molar-refractivity contribution >= 4 is 5.91 Å². The fourth-order valence-corrected chi connectivity index (χ4v) is 1.59. The zero-order valence-corrected chi connectivity index (χ0v) is 10.9. The number of nitrogens with one attached hydrogen (secondary N) is 1. The number of ether oxygens (including phenoxy) is 3. The van der Waals surface area contributed by atoms with Crippen LogP contribution in [0.1, 0.15) is 6.42 Å². The van der Waals surface area contributed by atoms with E-state index in [1.165, 1.54) is 12.3 Å². The van der Waals surface area contributed by atoms with Gasteiger partial charge in [-0.25, -0.2) is 4.39 Å². The molecule has 20 heavy (non-hydrogen) atoms. The van der Waals surface area contributed by atoms with Crippen LogP contribution in [0.15, 0.2) is 36.3 Å². The summed E-state index contributed by atoms with van der Waals surface area (Å²) >= 11 is 0. The summed E-state index contributed by atoms with van der Waals surface area (Å²) in [5.74, 6) is -0.332. The van der Waals surface area contributed by atoms with Gasteiger partial charge in [0.15, 0.2) is 11.6 Å². The van der Waals surface area contributed by atoms with E-state index in [9.17, 15) is 9.18 Å². The number of hydrogen-bond acceptors (Lipinski definition) is 4. The number of carbonyl (C=O) groups is 1. The Morgan fingerprint density at radius 2 is 2.20 bits per heavy atom. The molecule has 1 aromatic rings. The summed E-state index contributed by atoms with van der Waals surface area (Å²) < 4.78 is 28.6. The molecule has 1 heterocycles. The van der Waals surface area contributed by atoms with E-state index in [2.05, 4.69) is 5.32 Å². The van der Waals surface area contributed by atoms with E-state index in [0.29, 0.717) is 32.8 Å². The lowest BCUT2D eigenvalue weighted by Gasteiger charge is -2.15. The highest BCUT2D eigenvalue weighted by molar-refractivity contribution is 5.91. The van der Waals surface area contributed by atoms with Crippen LogP contribution in [0.5, 0.6) is 5.75 Å². The average Bonchev–Trinajstić information content (AvgIpc) is 2.49. The Morgan fingerprint density at radius 3 is 2.95 bits per heavy atom. The Morgan fingerprint density at radius 1 is 1.35 bits per heavy atom. The van der Waals surface area contributed by atoms with Gasteiger partial charge < -0.3 is 19.5 Å². The minimum absolute atomic E-state index is 0.172. The molecule has 1 aromatic carbocycles. The molecule has 1 aliphatic rings. The molecule has 0 saturated heterocycles. The van der Waals surface area contributed by atoms with Gasteiger partial charge in [0.05, 0.1) is 6.61 Å². The zero-order chi connectivity index (χ0) is 14.2. The van der Waals surface area contributed by atoms with Crippen LogP contribution in [-0.4, -0.2) is 32.3 Å². The van der Waals surface area contributed by atoms with E-state index >= 15 is 0 Å². The molecule has 1 amide bonds. The van der Waals surface area contributed by atoms with Crippen molar-refractivity contribution in [1.29, 1.82) is 0 Å². The number of benzene rings is 1. The molecule has 0 saturated carbocycles. The van der Waals surface area contributed by atoms with Crippen LogP contribution < -0.4 is 10.1 Å². The van der Waals surface area contributed by atoms with E-state index in [-0.39, 0.29) is 17.4 Å². The van der Waals surface area contributed by atoms with Gasteiger partial charge >= 0.3 is 0 Å². The van der Waals surface area contributed by atoms with Gasteiger partial charge in [-0.05, 0) is 18.6 Å². The maximum Gasteiger partial charge on any atom is 0.289 e. The van der Waals surface area contributed by atoms with E-state index in [0.717, 1.165) is 0 Å². The lowest BCUT2D eigenvalue weighted by atomic mass is 10.3. The summed E-state index contributed by atoms with van der Waals surface area (Å²) in [4.78, 5) is 11.6. The number of halogens is 1. The lowest BCUT2D eigenvalue weighted by Crippen LogP contribution is -2.29. The molecule has 0 aromatic heterocycles. The van der Waals surface area contributed by atoms with Crippen LogP contribution in [0.25, 0.3) is 0 Å². The first kappa shape index (κ1) is 14.2. The van der Waals surface area contributed by atoms with E-state index in [1.54, 1.807) is 18.2 Å². The van der Waals surface area contributed by atoms with Gasteiger partial charge in [0.1, 0.15) is 19.5 Å². The van der Waals surface area contributed by atoms with Crippen molar-refractivity contribution < 1.29 is 23.4 Å². The molecule has 1 N–H and O–H groups in total. The molecule has 0 spiro atoms.